The molecule has 0 radical (unpaired) electrons. The third-order valence-corrected chi connectivity index (χ3v) is 2.69. The lowest BCUT2D eigenvalue weighted by Crippen LogP contribution is -2.67. The first-order chi connectivity index (χ1) is 7.34. The number of nitrogens with zero attached hydrogens (tertiary/aromatic N) is 1. The van der Waals surface area contributed by atoms with Crippen LogP contribution in [-0.4, -0.2) is 54.1 Å². The number of rotatable bonds is 3. The minimum absolute atomic E-state index is 0.0971. The average molecular weight is 231 g/mol. The monoisotopic (exact) mass is 231 g/mol. The van der Waals surface area contributed by atoms with E-state index in [1.807, 2.05) is 20.8 Å². The van der Waals surface area contributed by atoms with E-state index >= 15 is 0 Å². The van der Waals surface area contributed by atoms with Crippen molar-refractivity contribution >= 4 is 6.09 Å². The van der Waals surface area contributed by atoms with Gasteiger partial charge in [0.15, 0.2) is 0 Å². The van der Waals surface area contributed by atoms with E-state index in [0.717, 1.165) is 6.42 Å². The summed E-state index contributed by atoms with van der Waals surface area (Å²) in [6.07, 6.45) is 0.362. The van der Waals surface area contributed by atoms with Gasteiger partial charge in [0.05, 0.1) is 18.8 Å². The highest BCUT2D eigenvalue weighted by atomic mass is 16.6. The molecule has 1 fully saturated rings. The number of carbonyl (C=O) groups is 1. The van der Waals surface area contributed by atoms with Gasteiger partial charge in [-0.15, -0.1) is 0 Å². The molecule has 1 unspecified atom stereocenters. The molecule has 0 bridgehead atoms. The Morgan fingerprint density at radius 3 is 2.44 bits per heavy atom. The van der Waals surface area contributed by atoms with Crippen molar-refractivity contribution in [2.75, 3.05) is 26.9 Å². The number of likely N-dealkylation sites (tertiary alicyclic amines) is 1. The first-order valence-corrected chi connectivity index (χ1v) is 5.45. The predicted octanol–water partition coefficient (Wildman–Crippen LogP) is 1.00. The predicted molar refractivity (Wildman–Crippen MR) is 59.2 cm³/mol. The summed E-state index contributed by atoms with van der Waals surface area (Å²) in [7, 11) is 1.56. The fourth-order valence-electron chi connectivity index (χ4n) is 1.77. The summed E-state index contributed by atoms with van der Waals surface area (Å²) in [5.74, 6) is 0. The van der Waals surface area contributed by atoms with E-state index in [-0.39, 0.29) is 12.7 Å². The van der Waals surface area contributed by atoms with Crippen LogP contribution < -0.4 is 0 Å². The quantitative estimate of drug-likeness (QED) is 0.787. The summed E-state index contributed by atoms with van der Waals surface area (Å²) in [6.45, 7) is 6.31. The molecule has 0 aromatic carbocycles. The molecule has 1 saturated heterocycles. The molecule has 16 heavy (non-hydrogen) atoms. The number of aliphatic hydroxyl groups is 1. The van der Waals surface area contributed by atoms with Gasteiger partial charge in [-0.3, -0.25) is 4.90 Å². The second kappa shape index (κ2) is 4.59. The highest BCUT2D eigenvalue weighted by Crippen LogP contribution is 2.32. The van der Waals surface area contributed by atoms with Gasteiger partial charge in [-0.05, 0) is 27.2 Å². The first kappa shape index (κ1) is 13.3. The second-order valence-corrected chi connectivity index (χ2v) is 5.20. The van der Waals surface area contributed by atoms with Gasteiger partial charge in [0, 0.05) is 13.7 Å². The van der Waals surface area contributed by atoms with Crippen molar-refractivity contribution in [1.82, 2.24) is 4.90 Å². The highest BCUT2D eigenvalue weighted by Gasteiger charge is 2.48. The molecule has 0 spiro atoms. The lowest BCUT2D eigenvalue weighted by molar-refractivity contribution is -0.0952. The van der Waals surface area contributed by atoms with Crippen LogP contribution in [0.25, 0.3) is 0 Å². The maximum Gasteiger partial charge on any atom is 0.410 e. The van der Waals surface area contributed by atoms with E-state index in [0.29, 0.717) is 13.2 Å². The molecule has 1 rings (SSSR count). The highest BCUT2D eigenvalue weighted by molar-refractivity contribution is 5.70. The summed E-state index contributed by atoms with van der Waals surface area (Å²) in [4.78, 5) is 13.4. The van der Waals surface area contributed by atoms with Gasteiger partial charge in [0.2, 0.25) is 0 Å². The molecule has 1 N–H and O–H groups in total. The van der Waals surface area contributed by atoms with E-state index in [4.69, 9.17) is 9.47 Å². The SMILES string of the molecule is COCC1(CO)CCN1C(=O)OC(C)(C)C. The van der Waals surface area contributed by atoms with E-state index in [2.05, 4.69) is 0 Å². The first-order valence-electron chi connectivity index (χ1n) is 5.45. The lowest BCUT2D eigenvalue weighted by atomic mass is 9.86. The van der Waals surface area contributed by atoms with Crippen molar-refractivity contribution < 1.29 is 19.4 Å². The van der Waals surface area contributed by atoms with Gasteiger partial charge >= 0.3 is 6.09 Å². The molecular weight excluding hydrogens is 210 g/mol. The fourth-order valence-corrected chi connectivity index (χ4v) is 1.77. The Hall–Kier alpha value is -0.810. The Bertz CT molecular complexity index is 257. The second-order valence-electron chi connectivity index (χ2n) is 5.20. The molecule has 0 aromatic rings. The zero-order valence-corrected chi connectivity index (χ0v) is 10.4. The molecular formula is C11H21NO4. The molecule has 1 atom stereocenters. The van der Waals surface area contributed by atoms with Crippen molar-refractivity contribution in [2.24, 2.45) is 0 Å². The average Bonchev–Trinajstić information content (AvgIpc) is 2.08. The van der Waals surface area contributed by atoms with Gasteiger partial charge in [0.25, 0.3) is 0 Å². The Kier molecular flexibility index (Phi) is 3.80. The standard InChI is InChI=1S/C11H21NO4/c1-10(2,3)16-9(14)12-6-5-11(12,7-13)8-15-4/h13H,5-8H2,1-4H3. The number of hydrogen-bond acceptors (Lipinski definition) is 4. The fraction of sp³-hybridized carbons (Fsp3) is 0.909. The summed E-state index contributed by atoms with van der Waals surface area (Å²) in [6, 6.07) is 0. The number of hydrogen-bond donors (Lipinski definition) is 1. The third-order valence-electron chi connectivity index (χ3n) is 2.69. The number of carbonyl (C=O) groups excluding carboxylic acids is 1. The summed E-state index contributed by atoms with van der Waals surface area (Å²) in [5, 5.41) is 9.36. The van der Waals surface area contributed by atoms with Crippen molar-refractivity contribution in [3.63, 3.8) is 0 Å². The molecule has 0 aromatic heterocycles. The van der Waals surface area contributed by atoms with Gasteiger partial charge in [-0.2, -0.15) is 0 Å². The molecule has 1 amide bonds. The molecule has 1 aliphatic heterocycles. The molecule has 5 nitrogen and oxygen atoms in total. The van der Waals surface area contributed by atoms with Gasteiger partial charge < -0.3 is 14.6 Å². The van der Waals surface area contributed by atoms with Crippen LogP contribution in [0.4, 0.5) is 4.79 Å². The molecule has 5 heteroatoms. The van der Waals surface area contributed by atoms with Crippen LogP contribution >= 0.6 is 0 Å². The van der Waals surface area contributed by atoms with Gasteiger partial charge in [0.1, 0.15) is 5.60 Å². The summed E-state index contributed by atoms with van der Waals surface area (Å²) in [5.41, 5.74) is -1.10. The Morgan fingerprint density at radius 1 is 1.50 bits per heavy atom. The third kappa shape index (κ3) is 2.65. The van der Waals surface area contributed by atoms with Crippen LogP contribution in [0.3, 0.4) is 0 Å². The lowest BCUT2D eigenvalue weighted by Gasteiger charge is -2.50. The van der Waals surface area contributed by atoms with E-state index in [9.17, 15) is 9.90 Å². The topological polar surface area (TPSA) is 59.0 Å². The van der Waals surface area contributed by atoms with Gasteiger partial charge in [-0.25, -0.2) is 4.79 Å². The zero-order valence-electron chi connectivity index (χ0n) is 10.4. The van der Waals surface area contributed by atoms with Crippen molar-refractivity contribution in [3.05, 3.63) is 0 Å². The molecule has 0 aliphatic carbocycles. The minimum atomic E-state index is -0.586. The van der Waals surface area contributed by atoms with E-state index in [1.54, 1.807) is 12.0 Å². The number of methoxy groups -OCH3 is 1. The number of aliphatic hydroxyl groups excluding tert-OH is 1. The Balaban J connectivity index is 2.63. The maximum atomic E-state index is 11.8. The van der Waals surface area contributed by atoms with Crippen LogP contribution in [0.5, 0.6) is 0 Å². The largest absolute Gasteiger partial charge is 0.444 e. The smallest absolute Gasteiger partial charge is 0.410 e. The summed E-state index contributed by atoms with van der Waals surface area (Å²) >= 11 is 0. The maximum absolute atomic E-state index is 11.8. The Labute approximate surface area is 96.3 Å². The van der Waals surface area contributed by atoms with Crippen molar-refractivity contribution in [2.45, 2.75) is 38.3 Å². The van der Waals surface area contributed by atoms with Crippen LogP contribution in [0.1, 0.15) is 27.2 Å². The van der Waals surface area contributed by atoms with Crippen molar-refractivity contribution in [3.8, 4) is 0 Å². The minimum Gasteiger partial charge on any atom is -0.444 e. The number of amides is 1. The molecule has 94 valence electrons. The van der Waals surface area contributed by atoms with Crippen LogP contribution in [-0.2, 0) is 9.47 Å². The van der Waals surface area contributed by atoms with Crippen LogP contribution in [0.2, 0.25) is 0 Å². The van der Waals surface area contributed by atoms with E-state index < -0.39 is 11.1 Å². The molecule has 0 saturated carbocycles. The zero-order chi connectivity index (χ0) is 12.4. The van der Waals surface area contributed by atoms with Crippen LogP contribution in [0.15, 0.2) is 0 Å². The normalized spacial score (nSPS) is 25.2. The molecule has 1 heterocycles. The van der Waals surface area contributed by atoms with E-state index in [1.165, 1.54) is 0 Å². The number of ether oxygens (including phenoxy) is 2. The Morgan fingerprint density at radius 2 is 2.12 bits per heavy atom. The van der Waals surface area contributed by atoms with Gasteiger partial charge in [-0.1, -0.05) is 0 Å². The summed E-state index contributed by atoms with van der Waals surface area (Å²) < 4.78 is 10.3. The molecule has 1 aliphatic rings. The van der Waals surface area contributed by atoms with Crippen LogP contribution in [0, 0.1) is 0 Å². The van der Waals surface area contributed by atoms with Crippen molar-refractivity contribution in [1.29, 1.82) is 0 Å².